The van der Waals surface area contributed by atoms with Crippen molar-refractivity contribution in [3.8, 4) is 0 Å². The van der Waals surface area contributed by atoms with Gasteiger partial charge >= 0.3 is 17.9 Å². The molecule has 0 bridgehead atoms. The number of carboxylic acid groups (broad SMARTS) is 3. The molecule has 0 aliphatic carbocycles. The van der Waals surface area contributed by atoms with Crippen LogP contribution in [0.5, 0.6) is 0 Å². The molecule has 25 heteroatoms. The van der Waals surface area contributed by atoms with Gasteiger partial charge in [0.25, 0.3) is 0 Å². The predicted octanol–water partition coefficient (Wildman–Crippen LogP) is -1.24. The fourth-order valence-corrected chi connectivity index (χ4v) is 8.75. The zero-order valence-corrected chi connectivity index (χ0v) is 43.7. The maximum atomic E-state index is 13.9. The Kier molecular flexibility index (Phi) is 24.6. The lowest BCUT2D eigenvalue weighted by molar-refractivity contribution is -0.144. The van der Waals surface area contributed by atoms with Crippen LogP contribution in [0, 0.1) is 17.8 Å². The van der Waals surface area contributed by atoms with Crippen molar-refractivity contribution >= 4 is 71.1 Å². The molecule has 12 N–H and O–H groups in total. The average Bonchev–Trinajstić information content (AvgIpc) is 4.06. The fourth-order valence-electron chi connectivity index (χ4n) is 8.75. The summed E-state index contributed by atoms with van der Waals surface area (Å²) in [4.78, 5) is 160. The van der Waals surface area contributed by atoms with Gasteiger partial charge in [0.15, 0.2) is 0 Å². The van der Waals surface area contributed by atoms with Crippen molar-refractivity contribution in [2.75, 3.05) is 19.6 Å². The summed E-state index contributed by atoms with van der Waals surface area (Å²) < 4.78 is 0. The van der Waals surface area contributed by atoms with Crippen molar-refractivity contribution in [1.29, 1.82) is 0 Å². The van der Waals surface area contributed by atoms with E-state index >= 15 is 0 Å². The molecule has 75 heavy (non-hydrogen) atoms. The van der Waals surface area contributed by atoms with E-state index in [0.717, 1.165) is 0 Å². The van der Waals surface area contributed by atoms with Gasteiger partial charge in [0.05, 0.1) is 12.6 Å². The van der Waals surface area contributed by atoms with Crippen LogP contribution in [0.4, 0.5) is 0 Å². The van der Waals surface area contributed by atoms with Crippen LogP contribution in [0.2, 0.25) is 0 Å². The second kappa shape index (κ2) is 29.6. The maximum Gasteiger partial charge on any atom is 0.326 e. The Balaban J connectivity index is 1.70. The minimum Gasteiger partial charge on any atom is -0.481 e. The molecule has 1 aromatic carbocycles. The lowest BCUT2D eigenvalue weighted by Crippen LogP contribution is -2.61. The van der Waals surface area contributed by atoms with E-state index in [0.29, 0.717) is 31.2 Å². The van der Waals surface area contributed by atoms with E-state index in [1.54, 1.807) is 71.9 Å². The summed E-state index contributed by atoms with van der Waals surface area (Å²) in [5.41, 5.74) is 6.41. The number of amides is 9. The third kappa shape index (κ3) is 18.9. The van der Waals surface area contributed by atoms with Crippen LogP contribution >= 0.6 is 0 Å². The summed E-state index contributed by atoms with van der Waals surface area (Å²) in [6.07, 6.45) is -0.226. The van der Waals surface area contributed by atoms with Crippen molar-refractivity contribution in [2.45, 2.75) is 167 Å². The van der Waals surface area contributed by atoms with Crippen LogP contribution in [0.3, 0.4) is 0 Å². The lowest BCUT2D eigenvalue weighted by Gasteiger charge is -2.31. The molecule has 2 aliphatic heterocycles. The van der Waals surface area contributed by atoms with Gasteiger partial charge in [-0.3, -0.25) is 52.7 Å². The molecule has 0 spiro atoms. The largest absolute Gasteiger partial charge is 0.481 e. The number of hydrogen-bond donors (Lipinski definition) is 11. The van der Waals surface area contributed by atoms with Crippen molar-refractivity contribution in [1.82, 2.24) is 47.0 Å². The maximum absolute atomic E-state index is 13.9. The van der Waals surface area contributed by atoms with Gasteiger partial charge in [0.1, 0.15) is 48.3 Å². The molecule has 10 atom stereocenters. The van der Waals surface area contributed by atoms with Gasteiger partial charge in [0, 0.05) is 32.4 Å². The van der Waals surface area contributed by atoms with Crippen LogP contribution in [0.25, 0.3) is 0 Å². The first kappa shape index (κ1) is 62.1. The Hall–Kier alpha value is -7.18. The number of rotatable bonds is 29. The first-order chi connectivity index (χ1) is 35.3. The molecule has 0 saturated carbocycles. The molecule has 9 amide bonds. The first-order valence-electron chi connectivity index (χ1n) is 25.4. The van der Waals surface area contributed by atoms with Crippen molar-refractivity contribution in [3.05, 3.63) is 35.9 Å². The molecular weight excluding hydrogens is 981 g/mol. The van der Waals surface area contributed by atoms with Crippen molar-refractivity contribution in [3.63, 3.8) is 0 Å². The number of likely N-dealkylation sites (tertiary alicyclic amines) is 2. The standard InChI is InChI=1S/C50H76N10O15/c1-8-28(6)41(47(71)55-33(50(74)75)24-30-14-10-9-11-15-30)58-46(70)40(27(4)5)57-42(66)31(18-20-37(62)63)53-45(69)39(26(2)3)56-36(61)25-52-43(67)34-16-12-23-60(34)49(73)32(19-21-38(64)65)54-44(68)35-17-13-22-59(35)48(72)29(7)51/h9-11,14-15,26-29,31-35,39-41H,8,12-13,16-25,51H2,1-7H3,(H,52,67)(H,53,69)(H,54,68)(H,55,71)(H,56,61)(H,57,66)(H,58,70)(H,62,63)(H,64,65)(H,74,75)/t28-,29-,31-,32-,33-,34-,35-,39-,40-,41-/m0/s1. The molecule has 2 aliphatic rings. The lowest BCUT2D eigenvalue weighted by atomic mass is 9.95. The van der Waals surface area contributed by atoms with Crippen LogP contribution in [0.15, 0.2) is 30.3 Å². The quantitative estimate of drug-likeness (QED) is 0.0447. The summed E-state index contributed by atoms with van der Waals surface area (Å²) in [6.45, 7) is 10.9. The fraction of sp³-hybridized carbons (Fsp3) is 0.640. The van der Waals surface area contributed by atoms with E-state index in [2.05, 4.69) is 37.2 Å². The highest BCUT2D eigenvalue weighted by Crippen LogP contribution is 2.22. The van der Waals surface area contributed by atoms with Crippen LogP contribution in [0.1, 0.15) is 112 Å². The van der Waals surface area contributed by atoms with Gasteiger partial charge in [-0.1, -0.05) is 78.3 Å². The molecule has 2 fully saturated rings. The molecule has 0 unspecified atom stereocenters. The van der Waals surface area contributed by atoms with Gasteiger partial charge in [-0.2, -0.15) is 0 Å². The number of benzene rings is 1. The minimum atomic E-state index is -1.56. The normalized spacial score (nSPS) is 18.5. The van der Waals surface area contributed by atoms with Crippen LogP contribution in [-0.4, -0.2) is 170 Å². The molecule has 1 aromatic rings. The Labute approximate surface area is 436 Å². The van der Waals surface area contributed by atoms with E-state index in [4.69, 9.17) is 5.73 Å². The average molecular weight is 1060 g/mol. The Morgan fingerprint density at radius 2 is 1.07 bits per heavy atom. The summed E-state index contributed by atoms with van der Waals surface area (Å²) in [6, 6.07) is -2.54. The van der Waals surface area contributed by atoms with Gasteiger partial charge in [0.2, 0.25) is 53.2 Å². The van der Waals surface area contributed by atoms with Crippen LogP contribution < -0.4 is 43.0 Å². The molecular formula is C50H76N10O15. The van der Waals surface area contributed by atoms with Crippen LogP contribution in [-0.2, 0) is 64.0 Å². The second-order valence-corrected chi connectivity index (χ2v) is 19.9. The van der Waals surface area contributed by atoms with Crippen molar-refractivity contribution < 1.29 is 72.9 Å². The highest BCUT2D eigenvalue weighted by Gasteiger charge is 2.42. The number of carboxylic acids is 3. The second-order valence-electron chi connectivity index (χ2n) is 19.9. The molecule has 0 aromatic heterocycles. The van der Waals surface area contributed by atoms with E-state index in [1.807, 2.05) is 0 Å². The zero-order valence-electron chi connectivity index (χ0n) is 43.7. The van der Waals surface area contributed by atoms with E-state index < -0.39 is 169 Å². The van der Waals surface area contributed by atoms with Crippen molar-refractivity contribution in [2.24, 2.45) is 23.5 Å². The summed E-state index contributed by atoms with van der Waals surface area (Å²) in [5.74, 6) is -12.6. The van der Waals surface area contributed by atoms with Gasteiger partial charge in [-0.25, -0.2) is 4.79 Å². The highest BCUT2D eigenvalue weighted by molar-refractivity contribution is 5.98. The SMILES string of the molecule is CC[C@H](C)[C@H](NC(=O)[C@@H](NC(=O)[C@H](CCC(=O)O)NC(=O)[C@@H](NC(=O)CNC(=O)[C@@H]1CCCN1C(=O)[C@H](CCC(=O)O)NC(=O)[C@@H]1CCCN1C(=O)[C@H](C)N)C(C)C)C(C)C)C(=O)N[C@@H](Cc1ccccc1)C(=O)O. The number of hydrogen-bond acceptors (Lipinski definition) is 13. The van der Waals surface area contributed by atoms with E-state index in [-0.39, 0.29) is 32.4 Å². The number of carbonyl (C=O) groups excluding carboxylic acids is 9. The van der Waals surface area contributed by atoms with E-state index in [9.17, 15) is 72.9 Å². The highest BCUT2D eigenvalue weighted by atomic mass is 16.4. The number of nitrogens with zero attached hydrogens (tertiary/aromatic N) is 2. The smallest absolute Gasteiger partial charge is 0.326 e. The first-order valence-corrected chi connectivity index (χ1v) is 25.4. The zero-order chi connectivity index (χ0) is 56.3. The van der Waals surface area contributed by atoms with Gasteiger partial charge < -0.3 is 68.1 Å². The molecule has 2 heterocycles. The Bertz CT molecular complexity index is 2230. The van der Waals surface area contributed by atoms with Gasteiger partial charge in [-0.05, 0) is 68.8 Å². The summed E-state index contributed by atoms with van der Waals surface area (Å²) in [5, 5.41) is 46.6. The third-order valence-corrected chi connectivity index (χ3v) is 13.2. The monoisotopic (exact) mass is 1060 g/mol. The molecule has 0 radical (unpaired) electrons. The van der Waals surface area contributed by atoms with Gasteiger partial charge in [-0.15, -0.1) is 0 Å². The Morgan fingerprint density at radius 3 is 1.59 bits per heavy atom. The molecule has 416 valence electrons. The minimum absolute atomic E-state index is 0.0365. The molecule has 3 rings (SSSR count). The number of nitrogens with one attached hydrogen (secondary N) is 7. The third-order valence-electron chi connectivity index (χ3n) is 13.2. The number of aliphatic carboxylic acids is 3. The Morgan fingerprint density at radius 1 is 0.587 bits per heavy atom. The number of carbonyl (C=O) groups is 12. The predicted molar refractivity (Wildman–Crippen MR) is 268 cm³/mol. The molecule has 25 nitrogen and oxygen atoms in total. The summed E-state index contributed by atoms with van der Waals surface area (Å²) in [7, 11) is 0. The number of nitrogens with two attached hydrogens (primary N) is 1. The summed E-state index contributed by atoms with van der Waals surface area (Å²) >= 11 is 0. The molecule has 2 saturated heterocycles. The topological polar surface area (TPSA) is 382 Å². The van der Waals surface area contributed by atoms with E-state index in [1.165, 1.54) is 16.7 Å².